The standard InChI is InChI=1S/C11H17N3O2/c1-4-8(2)9(3)13-11-7-10(14(15)16)5-6-12-11/h5-9H,4H2,1-3H3,(H,12,13). The molecule has 2 unspecified atom stereocenters. The summed E-state index contributed by atoms with van der Waals surface area (Å²) in [4.78, 5) is 14.2. The fourth-order valence-corrected chi connectivity index (χ4v) is 1.34. The van der Waals surface area contributed by atoms with E-state index in [9.17, 15) is 10.1 Å². The summed E-state index contributed by atoms with van der Waals surface area (Å²) in [6, 6.07) is 3.09. The van der Waals surface area contributed by atoms with E-state index in [1.54, 1.807) is 0 Å². The molecule has 1 rings (SSSR count). The fourth-order valence-electron chi connectivity index (χ4n) is 1.34. The molecule has 2 atom stereocenters. The molecule has 0 radical (unpaired) electrons. The normalized spacial score (nSPS) is 14.2. The number of aromatic nitrogens is 1. The SMILES string of the molecule is CCC(C)C(C)Nc1cc([N+](=O)[O-])ccn1. The Labute approximate surface area is 95.0 Å². The van der Waals surface area contributed by atoms with Crippen LogP contribution in [0.3, 0.4) is 0 Å². The lowest BCUT2D eigenvalue weighted by atomic mass is 10.0. The maximum atomic E-state index is 10.6. The summed E-state index contributed by atoms with van der Waals surface area (Å²) in [5.74, 6) is 1.06. The van der Waals surface area contributed by atoms with Gasteiger partial charge in [-0.3, -0.25) is 10.1 Å². The van der Waals surface area contributed by atoms with Crippen LogP contribution in [-0.4, -0.2) is 15.9 Å². The largest absolute Gasteiger partial charge is 0.367 e. The molecule has 0 aromatic carbocycles. The fraction of sp³-hybridized carbons (Fsp3) is 0.545. The zero-order chi connectivity index (χ0) is 12.1. The van der Waals surface area contributed by atoms with Crippen molar-refractivity contribution >= 4 is 11.5 Å². The van der Waals surface area contributed by atoms with Crippen LogP contribution in [0.15, 0.2) is 18.3 Å². The lowest BCUT2D eigenvalue weighted by molar-refractivity contribution is -0.384. The minimum Gasteiger partial charge on any atom is -0.367 e. The summed E-state index contributed by atoms with van der Waals surface area (Å²) in [5.41, 5.74) is 0.0638. The highest BCUT2D eigenvalue weighted by Gasteiger charge is 2.12. The molecule has 0 saturated heterocycles. The van der Waals surface area contributed by atoms with Crippen molar-refractivity contribution in [2.24, 2.45) is 5.92 Å². The molecule has 0 spiro atoms. The molecule has 1 aromatic heterocycles. The van der Waals surface area contributed by atoms with Gasteiger partial charge in [0.05, 0.1) is 11.0 Å². The molecular formula is C11H17N3O2. The summed E-state index contributed by atoms with van der Waals surface area (Å²) >= 11 is 0. The van der Waals surface area contributed by atoms with E-state index in [0.717, 1.165) is 6.42 Å². The third-order valence-electron chi connectivity index (χ3n) is 2.83. The van der Waals surface area contributed by atoms with Crippen LogP contribution in [0.4, 0.5) is 11.5 Å². The highest BCUT2D eigenvalue weighted by molar-refractivity contribution is 5.44. The summed E-state index contributed by atoms with van der Waals surface area (Å²) in [6.45, 7) is 6.30. The van der Waals surface area contributed by atoms with Gasteiger partial charge in [0.25, 0.3) is 5.69 Å². The zero-order valence-electron chi connectivity index (χ0n) is 9.80. The lowest BCUT2D eigenvalue weighted by Gasteiger charge is -2.20. The van der Waals surface area contributed by atoms with Crippen LogP contribution in [-0.2, 0) is 0 Å². The predicted molar refractivity (Wildman–Crippen MR) is 63.4 cm³/mol. The van der Waals surface area contributed by atoms with Gasteiger partial charge in [-0.05, 0) is 12.8 Å². The van der Waals surface area contributed by atoms with Gasteiger partial charge in [-0.25, -0.2) is 4.98 Å². The Bertz CT molecular complexity index is 368. The van der Waals surface area contributed by atoms with Gasteiger partial charge >= 0.3 is 0 Å². The lowest BCUT2D eigenvalue weighted by Crippen LogP contribution is -2.23. The van der Waals surface area contributed by atoms with Crippen LogP contribution >= 0.6 is 0 Å². The molecule has 0 aliphatic rings. The molecule has 88 valence electrons. The van der Waals surface area contributed by atoms with Crippen molar-refractivity contribution in [3.8, 4) is 0 Å². The predicted octanol–water partition coefficient (Wildman–Crippen LogP) is 2.84. The van der Waals surface area contributed by atoms with Gasteiger partial charge in [0.15, 0.2) is 0 Å². The van der Waals surface area contributed by atoms with E-state index in [-0.39, 0.29) is 11.7 Å². The smallest absolute Gasteiger partial charge is 0.274 e. The van der Waals surface area contributed by atoms with Crippen LogP contribution in [0.25, 0.3) is 0 Å². The average molecular weight is 223 g/mol. The Morgan fingerprint density at radius 3 is 2.81 bits per heavy atom. The summed E-state index contributed by atoms with van der Waals surface area (Å²) in [6.07, 6.45) is 2.51. The van der Waals surface area contributed by atoms with E-state index in [1.165, 1.54) is 18.3 Å². The van der Waals surface area contributed by atoms with E-state index in [4.69, 9.17) is 0 Å². The van der Waals surface area contributed by atoms with Crippen molar-refractivity contribution in [3.05, 3.63) is 28.4 Å². The van der Waals surface area contributed by atoms with Crippen LogP contribution < -0.4 is 5.32 Å². The van der Waals surface area contributed by atoms with Gasteiger partial charge in [0, 0.05) is 18.3 Å². The van der Waals surface area contributed by atoms with E-state index >= 15 is 0 Å². The van der Waals surface area contributed by atoms with Gasteiger partial charge < -0.3 is 5.32 Å². The quantitative estimate of drug-likeness (QED) is 0.615. The second kappa shape index (κ2) is 5.44. The van der Waals surface area contributed by atoms with Crippen molar-refractivity contribution in [3.63, 3.8) is 0 Å². The number of hydrogen-bond acceptors (Lipinski definition) is 4. The second-order valence-electron chi connectivity index (χ2n) is 3.97. The maximum Gasteiger partial charge on any atom is 0.274 e. The first kappa shape index (κ1) is 12.4. The number of nitrogens with one attached hydrogen (secondary N) is 1. The first-order chi connectivity index (χ1) is 7.54. The minimum absolute atomic E-state index is 0.0638. The van der Waals surface area contributed by atoms with Crippen molar-refractivity contribution in [2.75, 3.05) is 5.32 Å². The average Bonchev–Trinajstić information content (AvgIpc) is 2.28. The van der Waals surface area contributed by atoms with Crippen molar-refractivity contribution in [1.29, 1.82) is 0 Å². The molecule has 0 bridgehead atoms. The number of nitrogens with zero attached hydrogens (tertiary/aromatic N) is 2. The highest BCUT2D eigenvalue weighted by Crippen LogP contribution is 2.17. The van der Waals surface area contributed by atoms with Crippen LogP contribution in [0.2, 0.25) is 0 Å². The van der Waals surface area contributed by atoms with Gasteiger partial charge in [0.2, 0.25) is 0 Å². The van der Waals surface area contributed by atoms with Crippen molar-refractivity contribution in [2.45, 2.75) is 33.2 Å². The molecule has 5 heteroatoms. The van der Waals surface area contributed by atoms with Crippen LogP contribution in [0.5, 0.6) is 0 Å². The second-order valence-corrected chi connectivity index (χ2v) is 3.97. The van der Waals surface area contributed by atoms with Crippen LogP contribution in [0, 0.1) is 16.0 Å². The first-order valence-corrected chi connectivity index (χ1v) is 5.41. The third kappa shape index (κ3) is 3.18. The Balaban J connectivity index is 2.74. The van der Waals surface area contributed by atoms with Gasteiger partial charge in [-0.1, -0.05) is 20.3 Å². The Morgan fingerprint density at radius 1 is 1.56 bits per heavy atom. The Morgan fingerprint density at radius 2 is 2.25 bits per heavy atom. The molecule has 1 heterocycles. The summed E-state index contributed by atoms with van der Waals surface area (Å²) in [7, 11) is 0. The molecule has 16 heavy (non-hydrogen) atoms. The van der Waals surface area contributed by atoms with Crippen LogP contribution in [0.1, 0.15) is 27.2 Å². The van der Waals surface area contributed by atoms with E-state index < -0.39 is 4.92 Å². The van der Waals surface area contributed by atoms with E-state index in [1.807, 2.05) is 0 Å². The molecule has 0 amide bonds. The first-order valence-electron chi connectivity index (χ1n) is 5.41. The maximum absolute atomic E-state index is 10.6. The van der Waals surface area contributed by atoms with E-state index in [2.05, 4.69) is 31.1 Å². The molecule has 1 N–H and O–H groups in total. The molecule has 0 saturated carbocycles. The number of nitro groups is 1. The monoisotopic (exact) mass is 223 g/mol. The molecular weight excluding hydrogens is 206 g/mol. The molecule has 5 nitrogen and oxygen atoms in total. The molecule has 1 aromatic rings. The topological polar surface area (TPSA) is 68.1 Å². The zero-order valence-corrected chi connectivity index (χ0v) is 9.80. The number of rotatable bonds is 5. The summed E-state index contributed by atoms with van der Waals surface area (Å²) < 4.78 is 0. The summed E-state index contributed by atoms with van der Waals surface area (Å²) in [5, 5.41) is 13.8. The third-order valence-corrected chi connectivity index (χ3v) is 2.83. The number of pyridine rings is 1. The molecule has 0 aliphatic heterocycles. The van der Waals surface area contributed by atoms with Gasteiger partial charge in [-0.2, -0.15) is 0 Å². The van der Waals surface area contributed by atoms with E-state index in [0.29, 0.717) is 11.7 Å². The van der Waals surface area contributed by atoms with Gasteiger partial charge in [-0.15, -0.1) is 0 Å². The Kier molecular flexibility index (Phi) is 4.22. The van der Waals surface area contributed by atoms with Crippen molar-refractivity contribution < 1.29 is 4.92 Å². The Hall–Kier alpha value is -1.65. The highest BCUT2D eigenvalue weighted by atomic mass is 16.6. The molecule has 0 aliphatic carbocycles. The number of hydrogen-bond donors (Lipinski definition) is 1. The number of anilines is 1. The minimum atomic E-state index is -0.416. The van der Waals surface area contributed by atoms with Gasteiger partial charge in [0.1, 0.15) is 5.82 Å². The van der Waals surface area contributed by atoms with Crippen molar-refractivity contribution in [1.82, 2.24) is 4.98 Å². The molecule has 0 fully saturated rings.